The fourth-order valence-corrected chi connectivity index (χ4v) is 6.86. The summed E-state index contributed by atoms with van der Waals surface area (Å²) in [6.45, 7) is 2.60. The van der Waals surface area contributed by atoms with Crippen LogP contribution in [-0.2, 0) is 6.42 Å². The number of rotatable bonds is 13. The highest BCUT2D eigenvalue weighted by Crippen LogP contribution is 2.30. The van der Waals surface area contributed by atoms with Crippen LogP contribution in [0.3, 0.4) is 0 Å². The lowest BCUT2D eigenvalue weighted by molar-refractivity contribution is 0.133. The molecule has 0 radical (unpaired) electrons. The SMILES string of the molecule is COc1ccc(CCN2CCC[C@H]2CN(C(=O)Nc2ccc(F)cc2)[C@@H](CNC(=O)Nc2ccc(F)cc2)CC2CCCCC2)cc1. The third-order valence-corrected chi connectivity index (χ3v) is 9.48. The van der Waals surface area contributed by atoms with Gasteiger partial charge in [0.15, 0.2) is 0 Å². The summed E-state index contributed by atoms with van der Waals surface area (Å²) in [7, 11) is 1.66. The fourth-order valence-electron chi connectivity index (χ4n) is 6.86. The van der Waals surface area contributed by atoms with Gasteiger partial charge >= 0.3 is 12.1 Å². The van der Waals surface area contributed by atoms with Crippen molar-refractivity contribution in [1.29, 1.82) is 0 Å². The van der Waals surface area contributed by atoms with Crippen LogP contribution >= 0.6 is 0 Å². The Kier molecular flexibility index (Phi) is 12.4. The topological polar surface area (TPSA) is 85.9 Å². The fraction of sp³-hybridized carbons (Fsp3) is 0.459. The first-order chi connectivity index (χ1) is 22.9. The molecule has 10 heteroatoms. The highest BCUT2D eigenvalue weighted by molar-refractivity contribution is 5.90. The lowest BCUT2D eigenvalue weighted by Crippen LogP contribution is -2.54. The van der Waals surface area contributed by atoms with E-state index in [1.807, 2.05) is 17.0 Å². The molecule has 2 fully saturated rings. The Bertz CT molecular complexity index is 1420. The Morgan fingerprint density at radius 1 is 0.851 bits per heavy atom. The molecule has 0 unspecified atom stereocenters. The molecule has 1 heterocycles. The average molecular weight is 648 g/mol. The lowest BCUT2D eigenvalue weighted by Gasteiger charge is -2.38. The third kappa shape index (κ3) is 10.4. The van der Waals surface area contributed by atoms with Gasteiger partial charge in [-0.1, -0.05) is 44.2 Å². The van der Waals surface area contributed by atoms with E-state index in [1.54, 1.807) is 19.2 Å². The molecule has 0 spiro atoms. The number of carbonyl (C=O) groups excluding carboxylic acids is 2. The number of carbonyl (C=O) groups is 2. The standard InChI is InChI=1S/C37H47F2N5O3/c1-47-35-19-9-27(10-20-35)21-23-43-22-5-8-33(43)26-44(37(46)42-32-17-13-30(39)14-18-32)34(24-28-6-3-2-4-7-28)25-40-36(45)41-31-15-11-29(38)12-16-31/h9-20,28,33-34H,2-8,21-26H2,1H3,(H,42,46)(H2,40,41,45)/t33-,34+/m0/s1. The highest BCUT2D eigenvalue weighted by atomic mass is 19.1. The van der Waals surface area contributed by atoms with E-state index in [9.17, 15) is 18.4 Å². The molecule has 1 saturated heterocycles. The molecule has 3 aromatic rings. The Morgan fingerprint density at radius 3 is 2.13 bits per heavy atom. The molecular formula is C37H47F2N5O3. The van der Waals surface area contributed by atoms with Crippen LogP contribution in [0.15, 0.2) is 72.8 Å². The van der Waals surface area contributed by atoms with Crippen LogP contribution in [0.5, 0.6) is 5.75 Å². The van der Waals surface area contributed by atoms with Crippen molar-refractivity contribution < 1.29 is 23.1 Å². The zero-order chi connectivity index (χ0) is 33.0. The van der Waals surface area contributed by atoms with Gasteiger partial charge in [0.2, 0.25) is 0 Å². The van der Waals surface area contributed by atoms with Gasteiger partial charge < -0.3 is 25.6 Å². The number of nitrogens with zero attached hydrogens (tertiary/aromatic N) is 2. The van der Waals surface area contributed by atoms with Crippen LogP contribution in [0.25, 0.3) is 0 Å². The van der Waals surface area contributed by atoms with Gasteiger partial charge in [0.1, 0.15) is 17.4 Å². The maximum atomic E-state index is 14.1. The van der Waals surface area contributed by atoms with Crippen molar-refractivity contribution in [3.05, 3.63) is 90.0 Å². The Balaban J connectivity index is 1.33. The molecule has 47 heavy (non-hydrogen) atoms. The van der Waals surface area contributed by atoms with E-state index in [0.717, 1.165) is 57.4 Å². The molecule has 0 bridgehead atoms. The van der Waals surface area contributed by atoms with E-state index >= 15 is 0 Å². The summed E-state index contributed by atoms with van der Waals surface area (Å²) in [5.41, 5.74) is 2.23. The summed E-state index contributed by atoms with van der Waals surface area (Å²) < 4.78 is 32.4. The van der Waals surface area contributed by atoms with Gasteiger partial charge in [-0.3, -0.25) is 4.90 Å². The van der Waals surface area contributed by atoms with E-state index in [0.29, 0.717) is 23.8 Å². The predicted molar refractivity (Wildman–Crippen MR) is 182 cm³/mol. The highest BCUT2D eigenvalue weighted by Gasteiger charge is 2.33. The second-order valence-corrected chi connectivity index (χ2v) is 12.8. The largest absolute Gasteiger partial charge is 0.497 e. The van der Waals surface area contributed by atoms with Crippen molar-refractivity contribution in [2.75, 3.05) is 43.9 Å². The quantitative estimate of drug-likeness (QED) is 0.178. The molecule has 3 N–H and O–H groups in total. The monoisotopic (exact) mass is 647 g/mol. The number of likely N-dealkylation sites (tertiary alicyclic amines) is 1. The van der Waals surface area contributed by atoms with Crippen molar-refractivity contribution in [2.45, 2.75) is 69.9 Å². The van der Waals surface area contributed by atoms with Crippen LogP contribution in [-0.4, -0.2) is 67.2 Å². The van der Waals surface area contributed by atoms with Crippen molar-refractivity contribution in [3.8, 4) is 5.75 Å². The molecule has 2 atom stereocenters. The van der Waals surface area contributed by atoms with E-state index in [2.05, 4.69) is 33.0 Å². The van der Waals surface area contributed by atoms with E-state index in [4.69, 9.17) is 4.74 Å². The number of amides is 4. The summed E-state index contributed by atoms with van der Waals surface area (Å²) in [5, 5.41) is 8.77. The van der Waals surface area contributed by atoms with Gasteiger partial charge in [0.05, 0.1) is 13.2 Å². The molecule has 3 aromatic carbocycles. The molecule has 5 rings (SSSR count). The van der Waals surface area contributed by atoms with Gasteiger partial charge in [-0.05, 0) is 104 Å². The Hall–Kier alpha value is -4.18. The molecule has 1 aliphatic heterocycles. The van der Waals surface area contributed by atoms with Crippen LogP contribution in [0.1, 0.15) is 56.9 Å². The van der Waals surface area contributed by atoms with Crippen molar-refractivity contribution in [3.63, 3.8) is 0 Å². The van der Waals surface area contributed by atoms with Crippen molar-refractivity contribution in [2.24, 2.45) is 5.92 Å². The number of methoxy groups -OCH3 is 1. The number of hydrogen-bond acceptors (Lipinski definition) is 4. The van der Waals surface area contributed by atoms with E-state index < -0.39 is 6.03 Å². The first-order valence-electron chi connectivity index (χ1n) is 16.9. The Morgan fingerprint density at radius 2 is 1.49 bits per heavy atom. The zero-order valence-electron chi connectivity index (χ0n) is 27.2. The van der Waals surface area contributed by atoms with Gasteiger partial charge in [0.25, 0.3) is 0 Å². The summed E-state index contributed by atoms with van der Waals surface area (Å²) >= 11 is 0. The van der Waals surface area contributed by atoms with Crippen LogP contribution < -0.4 is 20.7 Å². The zero-order valence-corrected chi connectivity index (χ0v) is 27.2. The predicted octanol–water partition coefficient (Wildman–Crippen LogP) is 7.68. The van der Waals surface area contributed by atoms with Gasteiger partial charge in [-0.15, -0.1) is 0 Å². The second kappa shape index (κ2) is 17.1. The average Bonchev–Trinajstić information content (AvgIpc) is 3.54. The number of urea groups is 2. The molecule has 1 aliphatic carbocycles. The molecule has 8 nitrogen and oxygen atoms in total. The molecular weight excluding hydrogens is 600 g/mol. The van der Waals surface area contributed by atoms with Gasteiger partial charge in [-0.2, -0.15) is 0 Å². The minimum absolute atomic E-state index is 0.161. The minimum Gasteiger partial charge on any atom is -0.497 e. The summed E-state index contributed by atoms with van der Waals surface area (Å²) in [6, 6.07) is 18.8. The first kappa shape index (κ1) is 34.2. The summed E-state index contributed by atoms with van der Waals surface area (Å²) in [5.74, 6) is 0.535. The van der Waals surface area contributed by atoms with Crippen LogP contribution in [0.2, 0.25) is 0 Å². The number of anilines is 2. The maximum Gasteiger partial charge on any atom is 0.322 e. The normalized spacial score (nSPS) is 17.6. The maximum absolute atomic E-state index is 14.1. The van der Waals surface area contributed by atoms with E-state index in [-0.39, 0.29) is 36.3 Å². The number of hydrogen-bond donors (Lipinski definition) is 3. The molecule has 2 aliphatic rings. The second-order valence-electron chi connectivity index (χ2n) is 12.8. The number of ether oxygens (including phenoxy) is 1. The van der Waals surface area contributed by atoms with Crippen molar-refractivity contribution in [1.82, 2.24) is 15.1 Å². The van der Waals surface area contributed by atoms with Crippen LogP contribution in [0, 0.1) is 17.6 Å². The number of halogens is 2. The van der Waals surface area contributed by atoms with Gasteiger partial charge in [0, 0.05) is 37.1 Å². The summed E-state index contributed by atoms with van der Waals surface area (Å²) in [4.78, 5) is 31.5. The number of nitrogens with one attached hydrogen (secondary N) is 3. The molecule has 4 amide bonds. The summed E-state index contributed by atoms with van der Waals surface area (Å²) in [6.07, 6.45) is 9.43. The minimum atomic E-state index is -0.411. The lowest BCUT2D eigenvalue weighted by atomic mass is 9.84. The van der Waals surface area contributed by atoms with E-state index in [1.165, 1.54) is 61.2 Å². The number of benzene rings is 3. The smallest absolute Gasteiger partial charge is 0.322 e. The van der Waals surface area contributed by atoms with Crippen LogP contribution in [0.4, 0.5) is 29.7 Å². The van der Waals surface area contributed by atoms with Gasteiger partial charge in [-0.25, -0.2) is 18.4 Å². The third-order valence-electron chi connectivity index (χ3n) is 9.48. The molecule has 1 saturated carbocycles. The van der Waals surface area contributed by atoms with Crippen molar-refractivity contribution >= 4 is 23.4 Å². The Labute approximate surface area is 276 Å². The molecule has 0 aromatic heterocycles. The molecule has 252 valence electrons. The first-order valence-corrected chi connectivity index (χ1v) is 16.9.